The highest BCUT2D eigenvalue weighted by atomic mass is 19.3. The summed E-state index contributed by atoms with van der Waals surface area (Å²) >= 11 is 0. The molecule has 61 heavy (non-hydrogen) atoms. The first-order chi connectivity index (χ1) is 29.3. The minimum atomic E-state index is -3.72. The molecule has 2 aromatic rings. The number of unbranched alkanes of at least 4 members (excludes halogenated alkanes) is 4. The van der Waals surface area contributed by atoms with Gasteiger partial charge in [-0.1, -0.05) is 145 Å². The van der Waals surface area contributed by atoms with E-state index in [0.29, 0.717) is 0 Å². The number of esters is 4. The molecule has 0 saturated carbocycles. The van der Waals surface area contributed by atoms with Crippen LogP contribution in [0.1, 0.15) is 211 Å². The number of ether oxygens (including phenoxy) is 4. The molecule has 4 unspecified atom stereocenters. The number of hydrogen-bond donors (Lipinski definition) is 0. The lowest BCUT2D eigenvalue weighted by Gasteiger charge is -2.27. The Morgan fingerprint density at radius 1 is 0.459 bits per heavy atom. The third kappa shape index (κ3) is 16.4. The van der Waals surface area contributed by atoms with Gasteiger partial charge in [-0.3, -0.25) is 0 Å². The Hall–Kier alpha value is -3.89. The summed E-state index contributed by atoms with van der Waals surface area (Å²) in [5.41, 5.74) is -6.22. The molecule has 2 rings (SSSR count). The van der Waals surface area contributed by atoms with Crippen molar-refractivity contribution in [1.29, 1.82) is 0 Å². The largest absolute Gasteiger partial charge is 0.462 e. The zero-order chi connectivity index (χ0) is 45.4. The molecular formula is C50H75F3O8. The standard InChI is InChI=1S/C50H75F3O8/c1-9-17-21-35(13-5)31-58-45(54)41-27-25-39(29-43(41)47(56)60-33-37(15-7)23-19-11-3)50(53,49(51)52)40-26-28-42(46(55)59-32-36(14-6)22-18-10-2)44(30-40)48(57)61-34-38(16-8)24-20-12-4/h25-30,35-38,49H,9-24,31-34H2,1-8H3. The van der Waals surface area contributed by atoms with E-state index in [-0.39, 0.29) is 61.2 Å². The van der Waals surface area contributed by atoms with Gasteiger partial charge in [0, 0.05) is 11.1 Å². The number of carbonyl (C=O) groups excluding carboxylic acids is 4. The van der Waals surface area contributed by atoms with E-state index in [2.05, 4.69) is 27.7 Å². The fourth-order valence-electron chi connectivity index (χ4n) is 7.33. The van der Waals surface area contributed by atoms with Crippen LogP contribution in [0.4, 0.5) is 13.2 Å². The SMILES string of the molecule is CCCCC(CC)COC(=O)c1ccc(C(F)(c2ccc(C(=O)OCC(CC)CCCC)c(C(=O)OCC(CC)CCCC)c2)C(F)F)cc1C(=O)OCC(CC)CCCC. The fourth-order valence-corrected chi connectivity index (χ4v) is 7.33. The van der Waals surface area contributed by atoms with Crippen LogP contribution < -0.4 is 0 Å². The molecule has 11 heteroatoms. The van der Waals surface area contributed by atoms with Crippen molar-refractivity contribution in [3.63, 3.8) is 0 Å². The van der Waals surface area contributed by atoms with E-state index in [9.17, 15) is 19.2 Å². The zero-order valence-electron chi connectivity index (χ0n) is 38.4. The van der Waals surface area contributed by atoms with E-state index in [1.807, 2.05) is 27.7 Å². The molecule has 0 saturated heterocycles. The maximum atomic E-state index is 17.5. The van der Waals surface area contributed by atoms with Crippen molar-refractivity contribution in [3.8, 4) is 0 Å². The van der Waals surface area contributed by atoms with Crippen LogP contribution in [0.3, 0.4) is 0 Å². The van der Waals surface area contributed by atoms with Gasteiger partial charge >= 0.3 is 23.9 Å². The highest BCUT2D eigenvalue weighted by Gasteiger charge is 2.46. The smallest absolute Gasteiger partial charge is 0.339 e. The zero-order valence-corrected chi connectivity index (χ0v) is 38.4. The Kier molecular flexibility index (Phi) is 25.0. The summed E-state index contributed by atoms with van der Waals surface area (Å²) in [7, 11) is 0. The van der Waals surface area contributed by atoms with Gasteiger partial charge in [0.1, 0.15) is 0 Å². The van der Waals surface area contributed by atoms with Gasteiger partial charge in [-0.15, -0.1) is 0 Å². The van der Waals surface area contributed by atoms with Crippen LogP contribution in [0.15, 0.2) is 36.4 Å². The topological polar surface area (TPSA) is 105 Å². The summed E-state index contributed by atoms with van der Waals surface area (Å²) in [5, 5.41) is 0. The third-order valence-corrected chi connectivity index (χ3v) is 12.0. The number of hydrogen-bond acceptors (Lipinski definition) is 8. The van der Waals surface area contributed by atoms with E-state index >= 15 is 13.2 Å². The summed E-state index contributed by atoms with van der Waals surface area (Å²) < 4.78 is 70.9. The number of halogens is 3. The molecule has 0 spiro atoms. The van der Waals surface area contributed by atoms with Crippen molar-refractivity contribution in [2.75, 3.05) is 26.4 Å². The molecule has 2 aromatic carbocycles. The molecular weight excluding hydrogens is 786 g/mol. The monoisotopic (exact) mass is 861 g/mol. The lowest BCUT2D eigenvalue weighted by Crippen LogP contribution is -2.32. The fraction of sp³-hybridized carbons (Fsp3) is 0.680. The number of carbonyl (C=O) groups is 4. The third-order valence-electron chi connectivity index (χ3n) is 12.0. The van der Waals surface area contributed by atoms with E-state index in [0.717, 1.165) is 139 Å². The minimum absolute atomic E-state index is 0.0244. The molecule has 0 fully saturated rings. The first-order valence-corrected chi connectivity index (χ1v) is 23.2. The minimum Gasteiger partial charge on any atom is -0.462 e. The van der Waals surface area contributed by atoms with Gasteiger partial charge in [-0.25, -0.2) is 32.3 Å². The Labute approximate surface area is 364 Å². The normalized spacial score (nSPS) is 14.4. The van der Waals surface area contributed by atoms with Crippen LogP contribution in [0.5, 0.6) is 0 Å². The highest BCUT2D eigenvalue weighted by Crippen LogP contribution is 2.42. The summed E-state index contributed by atoms with van der Waals surface area (Å²) in [5.74, 6) is -3.44. The second-order valence-electron chi connectivity index (χ2n) is 16.6. The van der Waals surface area contributed by atoms with Gasteiger partial charge in [-0.05, 0) is 73.6 Å². The maximum Gasteiger partial charge on any atom is 0.339 e. The summed E-state index contributed by atoms with van der Waals surface area (Å²) in [6, 6.07) is 6.07. The molecule has 4 atom stereocenters. The quantitative estimate of drug-likeness (QED) is 0.0545. The summed E-state index contributed by atoms with van der Waals surface area (Å²) in [4.78, 5) is 54.8. The van der Waals surface area contributed by atoms with Gasteiger partial charge < -0.3 is 18.9 Å². The molecule has 0 bridgehead atoms. The van der Waals surface area contributed by atoms with Crippen LogP contribution >= 0.6 is 0 Å². The Morgan fingerprint density at radius 3 is 0.951 bits per heavy atom. The molecule has 0 heterocycles. The van der Waals surface area contributed by atoms with Gasteiger partial charge in [0.05, 0.1) is 48.7 Å². The molecule has 0 aliphatic rings. The molecule has 0 aliphatic heterocycles. The van der Waals surface area contributed by atoms with Gasteiger partial charge in [-0.2, -0.15) is 0 Å². The average molecular weight is 861 g/mol. The van der Waals surface area contributed by atoms with Crippen LogP contribution in [-0.2, 0) is 24.6 Å². The molecule has 8 nitrogen and oxygen atoms in total. The highest BCUT2D eigenvalue weighted by molar-refractivity contribution is 6.04. The van der Waals surface area contributed by atoms with Crippen molar-refractivity contribution < 1.29 is 51.3 Å². The van der Waals surface area contributed by atoms with Crippen molar-refractivity contribution in [3.05, 3.63) is 69.8 Å². The molecule has 344 valence electrons. The van der Waals surface area contributed by atoms with Crippen molar-refractivity contribution >= 4 is 23.9 Å². The van der Waals surface area contributed by atoms with Gasteiger partial charge in [0.15, 0.2) is 0 Å². The molecule has 0 amide bonds. The lowest BCUT2D eigenvalue weighted by atomic mass is 9.85. The van der Waals surface area contributed by atoms with E-state index in [1.54, 1.807) is 0 Å². The average Bonchev–Trinajstić information content (AvgIpc) is 3.28. The number of benzene rings is 2. The van der Waals surface area contributed by atoms with E-state index in [1.165, 1.54) is 0 Å². The lowest BCUT2D eigenvalue weighted by molar-refractivity contribution is -0.0104. The Morgan fingerprint density at radius 2 is 0.721 bits per heavy atom. The first kappa shape index (κ1) is 53.2. The van der Waals surface area contributed by atoms with Crippen LogP contribution in [0.2, 0.25) is 0 Å². The second kappa shape index (κ2) is 28.7. The maximum absolute atomic E-state index is 17.5. The summed E-state index contributed by atoms with van der Waals surface area (Å²) in [6.45, 7) is 16.4. The number of alkyl halides is 3. The predicted octanol–water partition coefficient (Wildman–Crippen LogP) is 13.7. The van der Waals surface area contributed by atoms with E-state index in [4.69, 9.17) is 18.9 Å². The molecule has 0 aliphatic carbocycles. The van der Waals surface area contributed by atoms with Crippen LogP contribution in [0, 0.1) is 23.7 Å². The first-order valence-electron chi connectivity index (χ1n) is 23.2. The Bertz CT molecular complexity index is 1520. The predicted molar refractivity (Wildman–Crippen MR) is 235 cm³/mol. The van der Waals surface area contributed by atoms with Gasteiger partial charge in [0.25, 0.3) is 6.43 Å². The Balaban J connectivity index is 2.72. The summed E-state index contributed by atoms with van der Waals surface area (Å²) in [6.07, 6.45) is 10.1. The molecule has 0 radical (unpaired) electrons. The second-order valence-corrected chi connectivity index (χ2v) is 16.6. The van der Waals surface area contributed by atoms with Crippen molar-refractivity contribution in [2.24, 2.45) is 23.7 Å². The molecule has 0 aromatic heterocycles. The number of rotatable bonds is 31. The van der Waals surface area contributed by atoms with Crippen molar-refractivity contribution in [2.45, 2.75) is 170 Å². The van der Waals surface area contributed by atoms with Crippen LogP contribution in [0.25, 0.3) is 0 Å². The van der Waals surface area contributed by atoms with E-state index < -0.39 is 58.2 Å². The van der Waals surface area contributed by atoms with Crippen molar-refractivity contribution in [1.82, 2.24) is 0 Å². The van der Waals surface area contributed by atoms with Crippen LogP contribution in [-0.4, -0.2) is 56.7 Å². The van der Waals surface area contributed by atoms with Gasteiger partial charge in [0.2, 0.25) is 5.67 Å². The molecule has 0 N–H and O–H groups in total.